The van der Waals surface area contributed by atoms with Gasteiger partial charge in [0.2, 0.25) is 0 Å². The van der Waals surface area contributed by atoms with Crippen molar-refractivity contribution in [2.75, 3.05) is 108 Å². The molecule has 31 heteroatoms. The lowest BCUT2D eigenvalue weighted by Gasteiger charge is -2.39. The van der Waals surface area contributed by atoms with Crippen molar-refractivity contribution in [3.63, 3.8) is 0 Å². The number of halogens is 3. The lowest BCUT2D eigenvalue weighted by atomic mass is 9.83. The minimum absolute atomic E-state index is 0.131. The van der Waals surface area contributed by atoms with E-state index < -0.39 is 17.3 Å². The van der Waals surface area contributed by atoms with Gasteiger partial charge in [-0.2, -0.15) is 33.6 Å². The van der Waals surface area contributed by atoms with Crippen molar-refractivity contribution in [3.8, 4) is 63.0 Å². The molecule has 7 aromatic carbocycles. The Kier molecular flexibility index (Phi) is 30.1. The molecule has 2 saturated heterocycles. The highest BCUT2D eigenvalue weighted by molar-refractivity contribution is 6.02. The van der Waals surface area contributed by atoms with Gasteiger partial charge >= 0.3 is 12.1 Å². The molecule has 0 bridgehead atoms. The number of imidazole rings is 1. The van der Waals surface area contributed by atoms with Gasteiger partial charge in [-0.1, -0.05) is 36.4 Å². The van der Waals surface area contributed by atoms with Crippen LogP contribution in [0.4, 0.5) is 36.4 Å². The number of nitrogens with zero attached hydrogens (tertiary/aromatic N) is 15. The van der Waals surface area contributed by atoms with Gasteiger partial charge in [0.05, 0.1) is 123 Å². The van der Waals surface area contributed by atoms with E-state index in [2.05, 4.69) is 167 Å². The number of fused-ring (bicyclic) bond motifs is 5. The molecule has 16 aromatic rings. The van der Waals surface area contributed by atoms with E-state index in [4.69, 9.17) is 37.9 Å². The van der Waals surface area contributed by atoms with Crippen LogP contribution >= 0.6 is 0 Å². The summed E-state index contributed by atoms with van der Waals surface area (Å²) in [6, 6.07) is 49.2. The Labute approximate surface area is 802 Å². The average molecular weight is 1880 g/mol. The van der Waals surface area contributed by atoms with E-state index in [0.29, 0.717) is 70.8 Å². The second-order valence-corrected chi connectivity index (χ2v) is 34.6. The number of aromatic amines is 1. The van der Waals surface area contributed by atoms with Crippen LogP contribution in [-0.2, 0) is 34.3 Å². The van der Waals surface area contributed by atoms with Crippen molar-refractivity contribution >= 4 is 83.4 Å². The van der Waals surface area contributed by atoms with Crippen LogP contribution in [0.5, 0.6) is 40.2 Å². The SMILES string of the molecule is CCOC(=O)C1CCCN(c2nnc(C)c3c(C)n(-c4ccc(OCC)cc4OC)c(C)c23)C1.CCOc1ccc(-n2c(C)c3c(C)nnc(N4CCC(O)(c5cccc(C(F)(F)F)c5)CC4)c3c2C)c(OC)c1.CCOc1ccc(-n2c(C)c3c(C)nnc(NCCc4ccc(OC)cc4)c3c2C)cc1.CCOc1ccc(-n2c(C)c3c(C)nnc(NCc4nc5ccccc5[nH]4)c3c2C)cc1. The topological polar surface area (TPSA) is 293 Å². The first-order valence-corrected chi connectivity index (χ1v) is 47.1. The summed E-state index contributed by atoms with van der Waals surface area (Å²) in [5.74, 6) is 9.19. The van der Waals surface area contributed by atoms with Gasteiger partial charge in [0.15, 0.2) is 23.3 Å². The summed E-state index contributed by atoms with van der Waals surface area (Å²) < 4.78 is 93.3. The van der Waals surface area contributed by atoms with Crippen molar-refractivity contribution in [1.82, 2.24) is 69.0 Å². The number of aromatic nitrogens is 14. The zero-order valence-corrected chi connectivity index (χ0v) is 82.4. The number of hydrogen-bond acceptors (Lipinski definition) is 23. The minimum Gasteiger partial charge on any atom is -0.497 e. The predicted molar refractivity (Wildman–Crippen MR) is 537 cm³/mol. The maximum atomic E-state index is 13.3. The first-order valence-electron chi connectivity index (χ1n) is 47.1. The van der Waals surface area contributed by atoms with E-state index in [1.54, 1.807) is 27.4 Å². The summed E-state index contributed by atoms with van der Waals surface area (Å²) in [7, 11) is 4.98. The van der Waals surface area contributed by atoms with Crippen LogP contribution in [0.1, 0.15) is 151 Å². The number of anilines is 4. The molecule has 0 saturated carbocycles. The van der Waals surface area contributed by atoms with Gasteiger partial charge in [0.1, 0.15) is 46.1 Å². The van der Waals surface area contributed by atoms with Gasteiger partial charge in [-0.25, -0.2) is 4.98 Å². The zero-order chi connectivity index (χ0) is 98.1. The summed E-state index contributed by atoms with van der Waals surface area (Å²) in [5.41, 5.74) is 17.5. The predicted octanol–water partition coefficient (Wildman–Crippen LogP) is 21.4. The number of aryl methyl sites for hydroxylation is 12. The van der Waals surface area contributed by atoms with Crippen LogP contribution in [0, 0.1) is 89.0 Å². The monoisotopic (exact) mass is 1880 g/mol. The summed E-state index contributed by atoms with van der Waals surface area (Å²) in [6.07, 6.45) is -1.32. The van der Waals surface area contributed by atoms with Gasteiger partial charge in [-0.15, -0.1) is 20.4 Å². The highest BCUT2D eigenvalue weighted by atomic mass is 19.4. The number of rotatable bonds is 27. The first-order chi connectivity index (χ1) is 66.5. The highest BCUT2D eigenvalue weighted by Crippen LogP contribution is 2.46. The lowest BCUT2D eigenvalue weighted by molar-refractivity contribution is -0.148. The van der Waals surface area contributed by atoms with E-state index in [1.165, 1.54) is 11.6 Å². The molecule has 9 aromatic heterocycles. The number of para-hydroxylation sites is 2. The summed E-state index contributed by atoms with van der Waals surface area (Å²) in [5, 5.41) is 62.9. The van der Waals surface area contributed by atoms with Gasteiger partial charge < -0.3 is 86.7 Å². The Morgan fingerprint density at radius 3 is 1.38 bits per heavy atom. The standard InChI is InChI=1S/C30H33F3N4O3.C26H34N4O4.C26H30N4O2.C25H26N6O/c1-6-40-23-10-11-24(25(17-23)39-5)37-19(3)26-18(2)34-35-28(27(26)20(37)4)36-14-12-29(38,13-15-36)21-8-7-9-22(16-21)30(31,32)33;1-7-33-20-11-12-21(22(14-20)32-6)30-17(4)23-16(3)27-28-25(24(23)18(30)5)29-13-9-10-19(15-29)26(31)34-8-2;1-6-32-23-13-9-21(10-14-23)30-18(3)24-17(2)28-29-26(25(24)19(30)4)27-16-15-20-7-11-22(31-5)12-8-20;1-5-32-19-12-10-18(11-13-19)31-16(3)23-15(2)29-30-25(24(23)17(31)4)26-14-22-27-20-8-6-7-9-21(20)28-22/h7-11,16-17,38H,6,12-15H2,1-5H3;11-12,14,19H,7-10,13,15H2,1-6H3;7-14H,6,15-16H2,1-5H3,(H,27,29);6-13H,5,14H2,1-4H3,(H,26,30)(H,27,28). The lowest BCUT2D eigenvalue weighted by Crippen LogP contribution is -2.43. The van der Waals surface area contributed by atoms with E-state index in [1.807, 2.05) is 173 Å². The Bertz CT molecular complexity index is 7030. The van der Waals surface area contributed by atoms with Crippen LogP contribution in [0.2, 0.25) is 0 Å². The highest BCUT2D eigenvalue weighted by Gasteiger charge is 2.40. The molecule has 1 atom stereocenters. The molecule has 0 aliphatic carbocycles. The molecule has 28 nitrogen and oxygen atoms in total. The number of carbonyl (C=O) groups is 1. The molecule has 0 radical (unpaired) electrons. The third kappa shape index (κ3) is 20.1. The number of piperidine rings is 2. The second-order valence-electron chi connectivity index (χ2n) is 34.6. The fourth-order valence-corrected chi connectivity index (χ4v) is 19.6. The number of esters is 1. The zero-order valence-electron chi connectivity index (χ0n) is 82.4. The number of aliphatic hydroxyl groups is 1. The van der Waals surface area contributed by atoms with Crippen molar-refractivity contribution < 1.29 is 61.0 Å². The number of H-pyrrole nitrogens is 1. The van der Waals surface area contributed by atoms with E-state index in [9.17, 15) is 23.1 Å². The molecular weight excluding hydrogens is 1750 g/mol. The van der Waals surface area contributed by atoms with Crippen molar-refractivity contribution in [3.05, 3.63) is 249 Å². The number of alkyl halides is 3. The van der Waals surface area contributed by atoms with Crippen molar-refractivity contribution in [2.45, 2.75) is 168 Å². The number of benzene rings is 7. The summed E-state index contributed by atoms with van der Waals surface area (Å²) in [4.78, 5) is 24.7. The van der Waals surface area contributed by atoms with E-state index in [-0.39, 0.29) is 30.3 Å². The van der Waals surface area contributed by atoms with Crippen LogP contribution in [0.25, 0.3) is 76.9 Å². The normalized spacial score (nSPS) is 13.6. The first kappa shape index (κ1) is 98.0. The van der Waals surface area contributed by atoms with Gasteiger partial charge in [0.25, 0.3) is 0 Å². The maximum absolute atomic E-state index is 13.3. The molecule has 2 fully saturated rings. The average Bonchev–Trinajstić information content (AvgIpc) is 1.63. The molecule has 722 valence electrons. The summed E-state index contributed by atoms with van der Waals surface area (Å²) >= 11 is 0. The quantitative estimate of drug-likeness (QED) is 0.0348. The second kappa shape index (κ2) is 42.4. The fourth-order valence-electron chi connectivity index (χ4n) is 19.6. The molecule has 1 unspecified atom stereocenters. The molecule has 138 heavy (non-hydrogen) atoms. The third-order valence-corrected chi connectivity index (χ3v) is 26.0. The molecule has 18 rings (SSSR count). The number of methoxy groups -OCH3 is 3. The van der Waals surface area contributed by atoms with Gasteiger partial charge in [0, 0.05) is 145 Å². The largest absolute Gasteiger partial charge is 0.497 e. The van der Waals surface area contributed by atoms with Crippen LogP contribution in [0.3, 0.4) is 0 Å². The molecule has 4 N–H and O–H groups in total. The maximum Gasteiger partial charge on any atom is 0.416 e. The van der Waals surface area contributed by atoms with Gasteiger partial charge in [-0.3, -0.25) is 4.79 Å². The number of hydrogen-bond donors (Lipinski definition) is 4. The Hall–Kier alpha value is -14.5. The number of ether oxygens (including phenoxy) is 8. The van der Waals surface area contributed by atoms with Crippen LogP contribution < -0.4 is 53.6 Å². The Balaban J connectivity index is 0.000000140. The van der Waals surface area contributed by atoms with Crippen molar-refractivity contribution in [1.29, 1.82) is 0 Å². The van der Waals surface area contributed by atoms with Gasteiger partial charge in [-0.05, 0) is 270 Å². The van der Waals surface area contributed by atoms with E-state index in [0.717, 1.165) is 247 Å². The number of nitrogens with one attached hydrogen (secondary N) is 3. The molecule has 2 aliphatic rings. The molecule has 0 spiro atoms. The molecule has 11 heterocycles. The molecule has 2 aliphatic heterocycles. The fraction of sp³-hybridized carbons (Fsp3) is 0.364. The third-order valence-electron chi connectivity index (χ3n) is 26.0. The Morgan fingerprint density at radius 1 is 0.457 bits per heavy atom. The minimum atomic E-state index is -4.47. The van der Waals surface area contributed by atoms with Crippen LogP contribution in [0.15, 0.2) is 158 Å². The molecule has 0 amide bonds. The summed E-state index contributed by atoms with van der Waals surface area (Å²) in [6.45, 7) is 40.9. The smallest absolute Gasteiger partial charge is 0.416 e. The Morgan fingerprint density at radius 2 is 0.899 bits per heavy atom. The molecular formula is C107H123F3N18O10. The van der Waals surface area contributed by atoms with Crippen LogP contribution in [-0.4, -0.2) is 167 Å². The van der Waals surface area contributed by atoms with Crippen molar-refractivity contribution in [2.24, 2.45) is 5.92 Å². The van der Waals surface area contributed by atoms with E-state index >= 15 is 0 Å². The number of carbonyl (C=O) groups excluding carboxylic acids is 1.